The van der Waals surface area contributed by atoms with Crippen molar-refractivity contribution in [2.24, 2.45) is 16.7 Å². The van der Waals surface area contributed by atoms with Gasteiger partial charge in [0.15, 0.2) is 5.58 Å². The molecule has 0 bridgehead atoms. The summed E-state index contributed by atoms with van der Waals surface area (Å²) in [5.74, 6) is 0.469. The third-order valence-electron chi connectivity index (χ3n) is 8.02. The average Bonchev–Trinajstić information content (AvgIpc) is 3.13. The van der Waals surface area contributed by atoms with Crippen molar-refractivity contribution >= 4 is 23.0 Å². The molecule has 2 saturated heterocycles. The van der Waals surface area contributed by atoms with Gasteiger partial charge < -0.3 is 14.2 Å². The van der Waals surface area contributed by atoms with Gasteiger partial charge in [0, 0.05) is 38.2 Å². The predicted molar refractivity (Wildman–Crippen MR) is 103 cm³/mol. The molecule has 4 fully saturated rings. The molecule has 2 aliphatic carbocycles. The summed E-state index contributed by atoms with van der Waals surface area (Å²) < 4.78 is 19.2. The van der Waals surface area contributed by atoms with Gasteiger partial charge in [-0.3, -0.25) is 4.79 Å². The first-order valence-corrected chi connectivity index (χ1v) is 10.7. The molecular formula is C22H26FN3O2. The molecule has 3 heterocycles. The zero-order chi connectivity index (χ0) is 18.9. The molecule has 5 nitrogen and oxygen atoms in total. The van der Waals surface area contributed by atoms with Crippen molar-refractivity contribution in [3.05, 3.63) is 24.0 Å². The van der Waals surface area contributed by atoms with Crippen LogP contribution >= 0.6 is 0 Å². The first kappa shape index (κ1) is 16.8. The predicted octanol–water partition coefficient (Wildman–Crippen LogP) is 3.98. The van der Waals surface area contributed by atoms with E-state index in [-0.39, 0.29) is 11.2 Å². The van der Waals surface area contributed by atoms with E-state index in [0.29, 0.717) is 34.4 Å². The molecule has 1 aromatic carbocycles. The number of amides is 1. The number of piperidine rings is 1. The molecular weight excluding hydrogens is 357 g/mol. The molecule has 1 amide bonds. The zero-order valence-corrected chi connectivity index (χ0v) is 16.1. The van der Waals surface area contributed by atoms with E-state index < -0.39 is 0 Å². The zero-order valence-electron chi connectivity index (χ0n) is 16.1. The quantitative estimate of drug-likeness (QED) is 0.787. The second kappa shape index (κ2) is 5.71. The minimum Gasteiger partial charge on any atom is -0.423 e. The van der Waals surface area contributed by atoms with Crippen LogP contribution in [0.25, 0.3) is 11.1 Å². The first-order chi connectivity index (χ1) is 13.6. The molecule has 2 aromatic rings. The van der Waals surface area contributed by atoms with Crippen LogP contribution in [0.4, 0.5) is 10.4 Å². The van der Waals surface area contributed by atoms with Gasteiger partial charge in [-0.2, -0.15) is 4.98 Å². The fourth-order valence-electron chi connectivity index (χ4n) is 5.83. The van der Waals surface area contributed by atoms with E-state index in [1.165, 1.54) is 31.4 Å². The molecule has 1 aromatic heterocycles. The highest BCUT2D eigenvalue weighted by Crippen LogP contribution is 2.66. The largest absolute Gasteiger partial charge is 0.423 e. The highest BCUT2D eigenvalue weighted by molar-refractivity contribution is 5.83. The number of hydrogen-bond acceptors (Lipinski definition) is 4. The van der Waals surface area contributed by atoms with E-state index in [1.807, 2.05) is 0 Å². The van der Waals surface area contributed by atoms with Crippen molar-refractivity contribution in [1.29, 1.82) is 0 Å². The number of fused-ring (bicyclic) bond motifs is 1. The molecule has 6 rings (SSSR count). The summed E-state index contributed by atoms with van der Waals surface area (Å²) in [6.45, 7) is 3.61. The minimum atomic E-state index is -0.292. The lowest BCUT2D eigenvalue weighted by atomic mass is 9.78. The lowest BCUT2D eigenvalue weighted by molar-refractivity contribution is -0.133. The lowest BCUT2D eigenvalue weighted by Crippen LogP contribution is -2.43. The number of anilines is 1. The van der Waals surface area contributed by atoms with Crippen LogP contribution in [0.1, 0.15) is 44.9 Å². The molecule has 4 aliphatic rings. The third kappa shape index (κ3) is 2.49. The van der Waals surface area contributed by atoms with Gasteiger partial charge in [-0.05, 0) is 61.5 Å². The van der Waals surface area contributed by atoms with Crippen molar-refractivity contribution in [2.45, 2.75) is 44.9 Å². The highest BCUT2D eigenvalue weighted by Gasteiger charge is 2.62. The summed E-state index contributed by atoms with van der Waals surface area (Å²) in [5, 5.41) is 0. The number of oxazole rings is 1. The van der Waals surface area contributed by atoms with Crippen molar-refractivity contribution in [1.82, 2.24) is 9.88 Å². The number of carbonyl (C=O) groups excluding carboxylic acids is 1. The molecule has 1 unspecified atom stereocenters. The standard InChI is InChI=1S/C22H26FN3O2/c23-15-2-3-18-17(12-15)24-20(28-18)25-9-6-21(7-10-25)8-11-26(14-21)19(27)16-13-22(16)4-1-5-22/h2-3,12,16H,1,4-11,13-14H2. The number of hydrogen-bond donors (Lipinski definition) is 0. The monoisotopic (exact) mass is 383 g/mol. The van der Waals surface area contributed by atoms with Crippen LogP contribution in [0.3, 0.4) is 0 Å². The van der Waals surface area contributed by atoms with Crippen LogP contribution in [0.5, 0.6) is 0 Å². The summed E-state index contributed by atoms with van der Waals surface area (Å²) in [7, 11) is 0. The topological polar surface area (TPSA) is 49.6 Å². The number of likely N-dealkylation sites (tertiary alicyclic amines) is 1. The second-order valence-corrected chi connectivity index (χ2v) is 9.58. The Balaban J connectivity index is 1.11. The van der Waals surface area contributed by atoms with Gasteiger partial charge in [0.05, 0.1) is 0 Å². The van der Waals surface area contributed by atoms with Gasteiger partial charge in [-0.15, -0.1) is 0 Å². The van der Waals surface area contributed by atoms with Crippen LogP contribution in [0.2, 0.25) is 0 Å². The Bertz CT molecular complexity index is 942. The van der Waals surface area contributed by atoms with E-state index >= 15 is 0 Å². The van der Waals surface area contributed by atoms with Gasteiger partial charge in [-0.1, -0.05) is 6.42 Å². The number of aromatic nitrogens is 1. The maximum absolute atomic E-state index is 13.4. The van der Waals surface area contributed by atoms with Crippen LogP contribution in [-0.2, 0) is 4.79 Å². The highest BCUT2D eigenvalue weighted by atomic mass is 19.1. The van der Waals surface area contributed by atoms with Gasteiger partial charge in [0.2, 0.25) is 5.91 Å². The number of nitrogens with zero attached hydrogens (tertiary/aromatic N) is 3. The van der Waals surface area contributed by atoms with Crippen molar-refractivity contribution in [3.63, 3.8) is 0 Å². The van der Waals surface area contributed by atoms with Crippen LogP contribution in [0, 0.1) is 22.6 Å². The van der Waals surface area contributed by atoms with Crippen molar-refractivity contribution < 1.29 is 13.6 Å². The van der Waals surface area contributed by atoms with E-state index in [9.17, 15) is 9.18 Å². The normalized spacial score (nSPS) is 27.5. The van der Waals surface area contributed by atoms with Gasteiger partial charge >= 0.3 is 0 Å². The van der Waals surface area contributed by atoms with Crippen LogP contribution in [-0.4, -0.2) is 42.0 Å². The molecule has 0 N–H and O–H groups in total. The maximum Gasteiger partial charge on any atom is 0.298 e. The summed E-state index contributed by atoms with van der Waals surface area (Å²) in [6.07, 6.45) is 8.22. The second-order valence-electron chi connectivity index (χ2n) is 9.58. The Kier molecular flexibility index (Phi) is 3.43. The number of halogens is 1. The fraction of sp³-hybridized carbons (Fsp3) is 0.636. The fourth-order valence-corrected chi connectivity index (χ4v) is 5.83. The minimum absolute atomic E-state index is 0.256. The molecule has 2 aliphatic heterocycles. The van der Waals surface area contributed by atoms with Gasteiger partial charge in [0.25, 0.3) is 6.01 Å². The number of rotatable bonds is 2. The Morgan fingerprint density at radius 2 is 1.93 bits per heavy atom. The van der Waals surface area contributed by atoms with Gasteiger partial charge in [-0.25, -0.2) is 4.39 Å². The molecule has 1 atom stereocenters. The number of carbonyl (C=O) groups is 1. The van der Waals surface area contributed by atoms with E-state index in [2.05, 4.69) is 14.8 Å². The Labute approximate surface area is 163 Å². The smallest absolute Gasteiger partial charge is 0.298 e. The number of benzene rings is 1. The summed E-state index contributed by atoms with van der Waals surface area (Å²) >= 11 is 0. The Morgan fingerprint density at radius 1 is 1.14 bits per heavy atom. The molecule has 6 heteroatoms. The summed E-state index contributed by atoms with van der Waals surface area (Å²) in [4.78, 5) is 21.7. The molecule has 28 heavy (non-hydrogen) atoms. The summed E-state index contributed by atoms with van der Waals surface area (Å²) in [6, 6.07) is 5.05. The molecule has 2 spiro atoms. The molecule has 148 valence electrons. The molecule has 2 saturated carbocycles. The van der Waals surface area contributed by atoms with Gasteiger partial charge in [0.1, 0.15) is 11.3 Å². The van der Waals surface area contributed by atoms with E-state index in [4.69, 9.17) is 4.42 Å². The van der Waals surface area contributed by atoms with Crippen LogP contribution < -0.4 is 4.90 Å². The lowest BCUT2D eigenvalue weighted by Gasteiger charge is -2.38. The average molecular weight is 383 g/mol. The summed E-state index contributed by atoms with van der Waals surface area (Å²) in [5.41, 5.74) is 1.88. The van der Waals surface area contributed by atoms with E-state index in [1.54, 1.807) is 6.07 Å². The van der Waals surface area contributed by atoms with E-state index in [0.717, 1.165) is 51.9 Å². The van der Waals surface area contributed by atoms with Crippen molar-refractivity contribution in [2.75, 3.05) is 31.1 Å². The maximum atomic E-state index is 13.4. The Hall–Kier alpha value is -2.11. The van der Waals surface area contributed by atoms with Crippen molar-refractivity contribution in [3.8, 4) is 0 Å². The SMILES string of the molecule is O=C(C1CC12CCC2)N1CCC2(CCN(c3nc4cc(F)ccc4o3)CC2)C1. The Morgan fingerprint density at radius 3 is 2.64 bits per heavy atom. The first-order valence-electron chi connectivity index (χ1n) is 10.7. The van der Waals surface area contributed by atoms with Crippen LogP contribution in [0.15, 0.2) is 22.6 Å². The third-order valence-corrected chi connectivity index (χ3v) is 8.02. The molecule has 0 radical (unpaired) electrons.